The molecule has 11 heteroatoms. The molecule has 1 aromatic carbocycles. The Labute approximate surface area is 203 Å². The van der Waals surface area contributed by atoms with Gasteiger partial charge in [-0.25, -0.2) is 4.98 Å². The number of oxime groups is 1. The molecule has 34 heavy (non-hydrogen) atoms. The van der Waals surface area contributed by atoms with Crippen LogP contribution in [0.1, 0.15) is 37.9 Å². The molecule has 2 aromatic rings. The van der Waals surface area contributed by atoms with Gasteiger partial charge in [-0.15, -0.1) is 11.8 Å². The van der Waals surface area contributed by atoms with Crippen molar-refractivity contribution in [3.8, 4) is 0 Å². The van der Waals surface area contributed by atoms with Crippen molar-refractivity contribution in [3.63, 3.8) is 0 Å². The fourth-order valence-corrected chi connectivity index (χ4v) is 3.71. The van der Waals surface area contributed by atoms with E-state index >= 15 is 0 Å². The molecule has 0 spiro atoms. The number of rotatable bonds is 13. The number of nitrogens with two attached hydrogens (primary N) is 1. The number of anilines is 1. The van der Waals surface area contributed by atoms with Crippen LogP contribution in [0.25, 0.3) is 0 Å². The highest BCUT2D eigenvalue weighted by Gasteiger charge is 2.15. The van der Waals surface area contributed by atoms with Crippen molar-refractivity contribution in [1.29, 1.82) is 0 Å². The van der Waals surface area contributed by atoms with E-state index in [-0.39, 0.29) is 48.6 Å². The molecule has 184 valence electrons. The first kappa shape index (κ1) is 27.1. The van der Waals surface area contributed by atoms with E-state index in [1.54, 1.807) is 6.92 Å². The van der Waals surface area contributed by atoms with Gasteiger partial charge in [-0.05, 0) is 18.4 Å². The van der Waals surface area contributed by atoms with E-state index in [1.165, 1.54) is 22.5 Å². The number of Topliss-reactive ketones (excluding diaryl/α,β-unsaturated/α-hetero) is 1. The maximum atomic E-state index is 12.8. The Hall–Kier alpha value is -3.18. The van der Waals surface area contributed by atoms with E-state index in [0.29, 0.717) is 11.4 Å². The molecule has 1 aromatic heterocycles. The second kappa shape index (κ2) is 13.5. The van der Waals surface area contributed by atoms with E-state index in [2.05, 4.69) is 20.8 Å². The number of nitrogens with one attached hydrogen (secondary N) is 2. The lowest BCUT2D eigenvalue weighted by Gasteiger charge is -2.15. The lowest BCUT2D eigenvalue weighted by atomic mass is 10.1. The third kappa shape index (κ3) is 8.64. The number of ketones is 1. The first-order valence-electron chi connectivity index (χ1n) is 10.9. The number of carbonyl (C=O) groups is 2. The summed E-state index contributed by atoms with van der Waals surface area (Å²) in [7, 11) is 0. The van der Waals surface area contributed by atoms with Gasteiger partial charge in [-0.2, -0.15) is 0 Å². The summed E-state index contributed by atoms with van der Waals surface area (Å²) in [4.78, 5) is 41.7. The summed E-state index contributed by atoms with van der Waals surface area (Å²) in [5, 5.41) is 17.6. The summed E-state index contributed by atoms with van der Waals surface area (Å²) < 4.78 is 1.25. The Morgan fingerprint density at radius 1 is 1.21 bits per heavy atom. The number of amides is 1. The van der Waals surface area contributed by atoms with Gasteiger partial charge in [-0.3, -0.25) is 14.4 Å². The van der Waals surface area contributed by atoms with E-state index in [4.69, 9.17) is 10.9 Å². The minimum absolute atomic E-state index is 0.00177. The molecule has 0 radical (unpaired) electrons. The van der Waals surface area contributed by atoms with E-state index in [9.17, 15) is 14.4 Å². The van der Waals surface area contributed by atoms with Crippen LogP contribution in [0.4, 0.5) is 5.82 Å². The van der Waals surface area contributed by atoms with Crippen LogP contribution in [0.3, 0.4) is 0 Å². The predicted molar refractivity (Wildman–Crippen MR) is 135 cm³/mol. The molecule has 0 saturated carbocycles. The number of hydrogen-bond donors (Lipinski definition) is 4. The number of aromatic nitrogens is 2. The van der Waals surface area contributed by atoms with E-state index in [0.717, 1.165) is 5.56 Å². The number of carbonyl (C=O) groups excluding carboxylic acids is 2. The van der Waals surface area contributed by atoms with Gasteiger partial charge in [0.05, 0.1) is 30.2 Å². The van der Waals surface area contributed by atoms with Crippen LogP contribution >= 0.6 is 11.8 Å². The topological polar surface area (TPSA) is 152 Å². The van der Waals surface area contributed by atoms with Gasteiger partial charge >= 0.3 is 0 Å². The zero-order valence-electron chi connectivity index (χ0n) is 19.7. The molecule has 1 unspecified atom stereocenters. The molecular weight excluding hydrogens is 456 g/mol. The lowest BCUT2D eigenvalue weighted by Crippen LogP contribution is -2.38. The Morgan fingerprint density at radius 2 is 1.91 bits per heavy atom. The molecule has 0 aliphatic carbocycles. The standard InChI is InChI=1S/C23H32N6O4S/c1-15(2)20-11-29(23(32)22(27-20)26-10-19(28-33)16(3)24)12-21(31)25-9-18(30)14-34-13-17-7-5-4-6-8-17/h4-8,11,15-16,33H,9-10,12-14,24H2,1-3H3,(H,25,31)(H,26,27)/b28-19-. The van der Waals surface area contributed by atoms with Crippen LogP contribution in [0.15, 0.2) is 46.5 Å². The van der Waals surface area contributed by atoms with Crippen molar-refractivity contribution in [2.45, 2.75) is 45.0 Å². The third-order valence-electron chi connectivity index (χ3n) is 4.85. The first-order valence-corrected chi connectivity index (χ1v) is 12.1. The highest BCUT2D eigenvalue weighted by atomic mass is 32.2. The molecule has 5 N–H and O–H groups in total. The maximum Gasteiger partial charge on any atom is 0.293 e. The van der Waals surface area contributed by atoms with Gasteiger partial charge in [0.15, 0.2) is 11.6 Å². The first-order chi connectivity index (χ1) is 16.2. The van der Waals surface area contributed by atoms with E-state index in [1.807, 2.05) is 44.2 Å². The summed E-state index contributed by atoms with van der Waals surface area (Å²) in [6.45, 7) is 5.14. The summed E-state index contributed by atoms with van der Waals surface area (Å²) in [6.07, 6.45) is 1.53. The SMILES string of the molecule is CC(N)/C(CNc1nc(C(C)C)cn(CC(=O)NCC(=O)CSCc2ccccc2)c1=O)=N\O. The highest BCUT2D eigenvalue weighted by molar-refractivity contribution is 7.99. The van der Waals surface area contributed by atoms with Crippen molar-refractivity contribution in [2.24, 2.45) is 10.9 Å². The minimum atomic E-state index is -0.512. The molecule has 2 rings (SSSR count). The van der Waals surface area contributed by atoms with Gasteiger partial charge in [0.1, 0.15) is 6.54 Å². The zero-order valence-corrected chi connectivity index (χ0v) is 20.5. The Balaban J connectivity index is 1.95. The third-order valence-corrected chi connectivity index (χ3v) is 5.91. The molecule has 10 nitrogen and oxygen atoms in total. The minimum Gasteiger partial charge on any atom is -0.411 e. The maximum absolute atomic E-state index is 12.8. The van der Waals surface area contributed by atoms with Crippen LogP contribution in [0.2, 0.25) is 0 Å². The molecule has 0 bridgehead atoms. The molecule has 0 aliphatic rings. The lowest BCUT2D eigenvalue weighted by molar-refractivity contribution is -0.124. The largest absolute Gasteiger partial charge is 0.411 e. The monoisotopic (exact) mass is 488 g/mol. The molecule has 1 amide bonds. The fourth-order valence-electron chi connectivity index (χ4n) is 2.85. The number of hydrogen-bond acceptors (Lipinski definition) is 9. The smallest absolute Gasteiger partial charge is 0.293 e. The van der Waals surface area contributed by atoms with Gasteiger partial charge in [0, 0.05) is 18.0 Å². The normalized spacial score (nSPS) is 12.4. The van der Waals surface area contributed by atoms with Crippen molar-refractivity contribution in [1.82, 2.24) is 14.9 Å². The van der Waals surface area contributed by atoms with Gasteiger partial charge in [0.25, 0.3) is 5.56 Å². The number of thioether (sulfide) groups is 1. The summed E-state index contributed by atoms with van der Waals surface area (Å²) in [6, 6.07) is 9.31. The Morgan fingerprint density at radius 3 is 2.53 bits per heavy atom. The van der Waals surface area contributed by atoms with E-state index < -0.39 is 17.5 Å². The Bertz CT molecular complexity index is 1050. The van der Waals surface area contributed by atoms with Crippen molar-refractivity contribution in [2.75, 3.05) is 24.2 Å². The quantitative estimate of drug-likeness (QED) is 0.188. The number of benzene rings is 1. The predicted octanol–water partition coefficient (Wildman–Crippen LogP) is 1.57. The van der Waals surface area contributed by atoms with Gasteiger partial charge in [-0.1, -0.05) is 49.3 Å². The summed E-state index contributed by atoms with van der Waals surface area (Å²) >= 11 is 1.48. The average Bonchev–Trinajstić information content (AvgIpc) is 2.80. The molecular formula is C23H32N6O4S. The molecule has 0 fully saturated rings. The van der Waals surface area contributed by atoms with Crippen LogP contribution in [0.5, 0.6) is 0 Å². The van der Waals surface area contributed by atoms with Crippen LogP contribution < -0.4 is 21.9 Å². The van der Waals surface area contributed by atoms with Crippen LogP contribution in [-0.4, -0.2) is 57.0 Å². The van der Waals surface area contributed by atoms with Crippen LogP contribution in [0, 0.1) is 0 Å². The van der Waals surface area contributed by atoms with Gasteiger partial charge in [0.2, 0.25) is 5.91 Å². The van der Waals surface area contributed by atoms with Gasteiger partial charge < -0.3 is 26.1 Å². The highest BCUT2D eigenvalue weighted by Crippen LogP contribution is 2.12. The Kier molecular flexibility index (Phi) is 10.8. The molecule has 0 saturated heterocycles. The van der Waals surface area contributed by atoms with Crippen molar-refractivity contribution >= 4 is 35.0 Å². The van der Waals surface area contributed by atoms with Crippen molar-refractivity contribution in [3.05, 3.63) is 58.1 Å². The number of nitrogens with zero attached hydrogens (tertiary/aromatic N) is 3. The summed E-state index contributed by atoms with van der Waals surface area (Å²) in [5.74, 6) is 0.459. The fraction of sp³-hybridized carbons (Fsp3) is 0.435. The second-order valence-corrected chi connectivity index (χ2v) is 9.12. The summed E-state index contributed by atoms with van der Waals surface area (Å²) in [5.41, 5.74) is 7.20. The molecule has 1 heterocycles. The zero-order chi connectivity index (χ0) is 25.1. The molecule has 0 aliphatic heterocycles. The second-order valence-electron chi connectivity index (χ2n) is 8.13. The van der Waals surface area contributed by atoms with Crippen LogP contribution in [-0.2, 0) is 21.9 Å². The average molecular weight is 489 g/mol. The van der Waals surface area contributed by atoms with Crippen molar-refractivity contribution < 1.29 is 14.8 Å². The molecule has 1 atom stereocenters.